The van der Waals surface area contributed by atoms with E-state index in [9.17, 15) is 4.39 Å². The maximum absolute atomic E-state index is 15.3. The molecule has 2 atom stereocenters. The first-order valence-corrected chi connectivity index (χ1v) is 13.7. The summed E-state index contributed by atoms with van der Waals surface area (Å²) < 4.78 is 34.1. The van der Waals surface area contributed by atoms with Gasteiger partial charge in [0.05, 0.1) is 6.67 Å². The number of halogens is 2. The van der Waals surface area contributed by atoms with Crippen molar-refractivity contribution in [2.45, 2.75) is 45.1 Å². The van der Waals surface area contributed by atoms with Crippen LogP contribution >= 0.6 is 9.24 Å². The number of hydrogen-bond acceptors (Lipinski definition) is 3. The van der Waals surface area contributed by atoms with E-state index in [-0.39, 0.29) is 18.6 Å². The zero-order valence-electron chi connectivity index (χ0n) is 21.4. The van der Waals surface area contributed by atoms with E-state index in [4.69, 9.17) is 10.5 Å². The topological polar surface area (TPSA) is 38.5 Å². The number of nitrogen functional groups attached to an aromatic ring is 1. The van der Waals surface area contributed by atoms with Gasteiger partial charge in [0.25, 0.3) is 0 Å². The molecular formula is C31H35F2N2OP. The highest BCUT2D eigenvalue weighted by atomic mass is 31.0. The van der Waals surface area contributed by atoms with Gasteiger partial charge in [-0.1, -0.05) is 30.3 Å². The van der Waals surface area contributed by atoms with Crippen LogP contribution in [0.25, 0.3) is 11.1 Å². The van der Waals surface area contributed by atoms with Gasteiger partial charge in [-0.25, -0.2) is 4.39 Å². The molecule has 0 radical (unpaired) electrons. The first-order chi connectivity index (χ1) is 17.9. The first-order valence-electron chi connectivity index (χ1n) is 13.2. The third-order valence-corrected chi connectivity index (χ3v) is 8.23. The van der Waals surface area contributed by atoms with Crippen LogP contribution in [0.2, 0.25) is 0 Å². The summed E-state index contributed by atoms with van der Waals surface area (Å²) in [6.45, 7) is 4.19. The average Bonchev–Trinajstić information content (AvgIpc) is 3.24. The van der Waals surface area contributed by atoms with E-state index >= 15 is 4.39 Å². The summed E-state index contributed by atoms with van der Waals surface area (Å²) >= 11 is 0. The lowest BCUT2D eigenvalue weighted by molar-refractivity contribution is 0.198. The highest BCUT2D eigenvalue weighted by Crippen LogP contribution is 2.41. The molecule has 37 heavy (non-hydrogen) atoms. The monoisotopic (exact) mass is 520 g/mol. The molecule has 1 heterocycles. The number of hydrogen-bond donors (Lipinski definition) is 1. The normalized spacial score (nSPS) is 18.1. The van der Waals surface area contributed by atoms with Crippen molar-refractivity contribution in [2.24, 2.45) is 0 Å². The Morgan fingerprint density at radius 1 is 1.05 bits per heavy atom. The van der Waals surface area contributed by atoms with Crippen LogP contribution in [-0.4, -0.2) is 37.3 Å². The number of fused-ring (bicyclic) bond motifs is 1. The van der Waals surface area contributed by atoms with E-state index < -0.39 is 0 Å². The average molecular weight is 521 g/mol. The molecule has 0 saturated carbocycles. The van der Waals surface area contributed by atoms with Crippen LogP contribution in [0.15, 0.2) is 54.6 Å². The third kappa shape index (κ3) is 5.58. The Hall–Kier alpha value is -2.75. The molecule has 1 fully saturated rings. The number of nitrogens with zero attached hydrogens (tertiary/aromatic N) is 1. The minimum Gasteiger partial charge on any atom is -0.489 e. The number of allylic oxidation sites excluding steroid dienone is 1. The molecule has 194 valence electrons. The second-order valence-electron chi connectivity index (χ2n) is 10.2. The van der Waals surface area contributed by atoms with Crippen molar-refractivity contribution < 1.29 is 13.5 Å². The molecule has 2 aliphatic rings. The fourth-order valence-electron chi connectivity index (χ4n) is 5.65. The third-order valence-electron chi connectivity index (χ3n) is 7.55. The minimum atomic E-state index is -0.276. The minimum absolute atomic E-state index is 0.114. The molecule has 1 saturated heterocycles. The standard InChI is InChI=1S/C31H35F2N2OP/c1-20-6-11-24(28(33)18-20)25-4-2-5-27-26(12-13-29(34)31(27)37)30(25)21-7-9-22(10-8-21)36-23-14-17-35(19-23)16-3-15-32/h6-13,18,23H,2-5,14-17,19,34,37H2,1H3. The summed E-state index contributed by atoms with van der Waals surface area (Å²) in [5.74, 6) is 0.638. The van der Waals surface area contributed by atoms with E-state index in [0.717, 1.165) is 89.9 Å². The van der Waals surface area contributed by atoms with Gasteiger partial charge in [-0.05, 0) is 102 Å². The number of likely N-dealkylation sites (tertiary alicyclic amines) is 1. The summed E-state index contributed by atoms with van der Waals surface area (Å²) in [5.41, 5.74) is 14.0. The first kappa shape index (κ1) is 25.9. The van der Waals surface area contributed by atoms with Gasteiger partial charge in [-0.2, -0.15) is 0 Å². The van der Waals surface area contributed by atoms with Gasteiger partial charge < -0.3 is 10.5 Å². The van der Waals surface area contributed by atoms with Gasteiger partial charge in [0.2, 0.25) is 0 Å². The molecule has 0 amide bonds. The maximum Gasteiger partial charge on any atom is 0.130 e. The maximum atomic E-state index is 15.3. The second kappa shape index (κ2) is 11.3. The highest BCUT2D eigenvalue weighted by Gasteiger charge is 2.25. The quantitative estimate of drug-likeness (QED) is 0.293. The van der Waals surface area contributed by atoms with Crippen molar-refractivity contribution in [1.82, 2.24) is 4.90 Å². The number of aryl methyl sites for hydroxylation is 1. The molecular weight excluding hydrogens is 485 g/mol. The van der Waals surface area contributed by atoms with Crippen molar-refractivity contribution in [3.63, 3.8) is 0 Å². The van der Waals surface area contributed by atoms with Gasteiger partial charge in [-0.3, -0.25) is 9.29 Å². The Labute approximate surface area is 220 Å². The Morgan fingerprint density at radius 2 is 1.84 bits per heavy atom. The number of benzene rings is 3. The van der Waals surface area contributed by atoms with Crippen molar-refractivity contribution in [3.05, 3.63) is 88.2 Å². The number of ether oxygens (including phenoxy) is 1. The van der Waals surface area contributed by atoms with E-state index in [2.05, 4.69) is 32.3 Å². The molecule has 6 heteroatoms. The van der Waals surface area contributed by atoms with Crippen molar-refractivity contribution in [3.8, 4) is 5.75 Å². The zero-order chi connectivity index (χ0) is 25.9. The van der Waals surface area contributed by atoms with Crippen LogP contribution in [0.3, 0.4) is 0 Å². The molecule has 1 aliphatic carbocycles. The molecule has 2 N–H and O–H groups in total. The van der Waals surface area contributed by atoms with Gasteiger partial charge in [0, 0.05) is 30.9 Å². The van der Waals surface area contributed by atoms with E-state index in [1.165, 1.54) is 5.56 Å². The van der Waals surface area contributed by atoms with Crippen LogP contribution in [0.5, 0.6) is 5.75 Å². The summed E-state index contributed by atoms with van der Waals surface area (Å²) in [5, 5.41) is 1.03. The lowest BCUT2D eigenvalue weighted by Gasteiger charge is -2.20. The molecule has 0 aromatic heterocycles. The van der Waals surface area contributed by atoms with Crippen molar-refractivity contribution >= 4 is 31.4 Å². The predicted octanol–water partition coefficient (Wildman–Crippen LogP) is 6.32. The van der Waals surface area contributed by atoms with E-state index in [0.29, 0.717) is 12.0 Å². The fourth-order valence-corrected chi connectivity index (χ4v) is 6.05. The Kier molecular flexibility index (Phi) is 7.92. The largest absolute Gasteiger partial charge is 0.489 e. The van der Waals surface area contributed by atoms with Crippen molar-refractivity contribution in [2.75, 3.05) is 32.0 Å². The fraction of sp³-hybridized carbons (Fsp3) is 0.355. The SMILES string of the molecule is Cc1ccc(C2=C(c3ccc(OC4CCN(CCCF)C4)cc3)c3ccc(N)c(P)c3CCC2)c(F)c1. The lowest BCUT2D eigenvalue weighted by Crippen LogP contribution is -2.26. The molecule has 3 aromatic carbocycles. The molecule has 0 bridgehead atoms. The molecule has 3 aromatic rings. The van der Waals surface area contributed by atoms with Crippen molar-refractivity contribution in [1.29, 1.82) is 0 Å². The number of rotatable bonds is 7. The summed E-state index contributed by atoms with van der Waals surface area (Å²) in [6.07, 6.45) is 4.23. The number of anilines is 1. The summed E-state index contributed by atoms with van der Waals surface area (Å²) in [6, 6.07) is 17.7. The highest BCUT2D eigenvalue weighted by molar-refractivity contribution is 7.28. The summed E-state index contributed by atoms with van der Waals surface area (Å²) in [4.78, 5) is 2.26. The van der Waals surface area contributed by atoms with E-state index in [1.807, 2.05) is 37.3 Å². The summed E-state index contributed by atoms with van der Waals surface area (Å²) in [7, 11) is 2.81. The van der Waals surface area contributed by atoms with Gasteiger partial charge in [-0.15, -0.1) is 9.24 Å². The number of nitrogens with two attached hydrogens (primary N) is 1. The zero-order valence-corrected chi connectivity index (χ0v) is 22.6. The van der Waals surface area contributed by atoms with Crippen LogP contribution in [0, 0.1) is 12.7 Å². The lowest BCUT2D eigenvalue weighted by atomic mass is 9.87. The van der Waals surface area contributed by atoms with Crippen LogP contribution in [-0.2, 0) is 6.42 Å². The Morgan fingerprint density at radius 3 is 2.59 bits per heavy atom. The molecule has 5 rings (SSSR count). The van der Waals surface area contributed by atoms with Crippen LogP contribution in [0.1, 0.15) is 53.5 Å². The molecule has 0 spiro atoms. The van der Waals surface area contributed by atoms with Gasteiger partial charge >= 0.3 is 0 Å². The molecule has 2 unspecified atom stereocenters. The van der Waals surface area contributed by atoms with Gasteiger partial charge in [0.1, 0.15) is 17.7 Å². The second-order valence-corrected chi connectivity index (χ2v) is 10.8. The Balaban J connectivity index is 1.51. The molecule has 3 nitrogen and oxygen atoms in total. The molecule has 1 aliphatic heterocycles. The smallest absolute Gasteiger partial charge is 0.130 e. The van der Waals surface area contributed by atoms with Crippen LogP contribution in [0.4, 0.5) is 14.5 Å². The van der Waals surface area contributed by atoms with Gasteiger partial charge in [0.15, 0.2) is 0 Å². The predicted molar refractivity (Wildman–Crippen MR) is 153 cm³/mol. The van der Waals surface area contributed by atoms with Crippen LogP contribution < -0.4 is 15.8 Å². The van der Waals surface area contributed by atoms with E-state index in [1.54, 1.807) is 6.07 Å². The Bertz CT molecular complexity index is 1310. The number of alkyl halides is 1.